The Balaban J connectivity index is 1.63. The Morgan fingerprint density at radius 2 is 1.89 bits per heavy atom. The van der Waals surface area contributed by atoms with E-state index in [4.69, 9.17) is 5.73 Å². The van der Waals surface area contributed by atoms with Crippen LogP contribution in [0, 0.1) is 11.7 Å². The van der Waals surface area contributed by atoms with Crippen molar-refractivity contribution in [3.63, 3.8) is 0 Å². The molecule has 0 aliphatic carbocycles. The number of rotatable bonds is 6. The van der Waals surface area contributed by atoms with Crippen LogP contribution in [0.5, 0.6) is 0 Å². The summed E-state index contributed by atoms with van der Waals surface area (Å²) in [4.78, 5) is 2.44. The van der Waals surface area contributed by atoms with Crippen LogP contribution in [0.3, 0.4) is 0 Å². The second kappa shape index (κ2) is 7.58. The van der Waals surface area contributed by atoms with Crippen LogP contribution in [0.25, 0.3) is 0 Å². The third-order valence-corrected chi connectivity index (χ3v) is 3.83. The molecule has 0 amide bonds. The van der Waals surface area contributed by atoms with E-state index >= 15 is 0 Å². The summed E-state index contributed by atoms with van der Waals surface area (Å²) in [5.74, 6) is 0.588. The summed E-state index contributed by atoms with van der Waals surface area (Å²) in [7, 11) is 0. The zero-order valence-electron chi connectivity index (χ0n) is 11.4. The van der Waals surface area contributed by atoms with Gasteiger partial charge >= 0.3 is 0 Å². The monoisotopic (exact) mass is 265 g/mol. The summed E-state index contributed by atoms with van der Waals surface area (Å²) in [6, 6.07) is 6.71. The maximum atomic E-state index is 12.8. The molecule has 2 rings (SSSR count). The summed E-state index contributed by atoms with van der Waals surface area (Å²) in [6.07, 6.45) is 2.49. The van der Waals surface area contributed by atoms with Crippen molar-refractivity contribution in [1.82, 2.24) is 10.2 Å². The molecule has 3 nitrogen and oxygen atoms in total. The maximum Gasteiger partial charge on any atom is 0.123 e. The van der Waals surface area contributed by atoms with E-state index in [9.17, 15) is 4.39 Å². The minimum Gasteiger partial charge on any atom is -0.329 e. The van der Waals surface area contributed by atoms with Gasteiger partial charge in [0.1, 0.15) is 5.82 Å². The molecule has 0 saturated carbocycles. The molecule has 0 bridgehead atoms. The Hall–Kier alpha value is -0.970. The van der Waals surface area contributed by atoms with Gasteiger partial charge in [-0.1, -0.05) is 12.1 Å². The van der Waals surface area contributed by atoms with Crippen LogP contribution in [0.15, 0.2) is 24.3 Å². The number of hydrogen-bond donors (Lipinski definition) is 2. The first-order chi connectivity index (χ1) is 9.28. The minimum atomic E-state index is -0.170. The third kappa shape index (κ3) is 4.90. The fraction of sp³-hybridized carbons (Fsp3) is 0.600. The Morgan fingerprint density at radius 1 is 1.21 bits per heavy atom. The first-order valence-corrected chi connectivity index (χ1v) is 7.15. The fourth-order valence-electron chi connectivity index (χ4n) is 2.62. The number of piperidine rings is 1. The lowest BCUT2D eigenvalue weighted by molar-refractivity contribution is 0.186. The van der Waals surface area contributed by atoms with Gasteiger partial charge in [-0.25, -0.2) is 4.39 Å². The molecule has 106 valence electrons. The molecular formula is C15H24FN3. The molecule has 0 atom stereocenters. The Labute approximate surface area is 115 Å². The number of nitrogens with one attached hydrogen (secondary N) is 1. The van der Waals surface area contributed by atoms with E-state index in [1.165, 1.54) is 38.1 Å². The number of likely N-dealkylation sites (tertiary alicyclic amines) is 1. The molecule has 1 aliphatic heterocycles. The van der Waals surface area contributed by atoms with Crippen molar-refractivity contribution >= 4 is 0 Å². The van der Waals surface area contributed by atoms with E-state index in [0.717, 1.165) is 37.7 Å². The third-order valence-electron chi connectivity index (χ3n) is 3.83. The van der Waals surface area contributed by atoms with Crippen LogP contribution in [0.4, 0.5) is 4.39 Å². The highest BCUT2D eigenvalue weighted by atomic mass is 19.1. The van der Waals surface area contributed by atoms with E-state index in [-0.39, 0.29) is 5.82 Å². The van der Waals surface area contributed by atoms with E-state index < -0.39 is 0 Å². The summed E-state index contributed by atoms with van der Waals surface area (Å²) in [6.45, 7) is 5.99. The van der Waals surface area contributed by atoms with Gasteiger partial charge in [-0.2, -0.15) is 0 Å². The van der Waals surface area contributed by atoms with Gasteiger partial charge in [-0.05, 0) is 56.1 Å². The summed E-state index contributed by atoms with van der Waals surface area (Å²) >= 11 is 0. The van der Waals surface area contributed by atoms with Gasteiger partial charge in [-0.15, -0.1) is 0 Å². The molecule has 1 saturated heterocycles. The van der Waals surface area contributed by atoms with Gasteiger partial charge < -0.3 is 16.0 Å². The SMILES string of the molecule is NCCN1CCC(CNCc2ccc(F)cc2)CC1. The van der Waals surface area contributed by atoms with Gasteiger partial charge in [0, 0.05) is 19.6 Å². The largest absolute Gasteiger partial charge is 0.329 e. The van der Waals surface area contributed by atoms with Gasteiger partial charge in [0.05, 0.1) is 0 Å². The van der Waals surface area contributed by atoms with Crippen molar-refractivity contribution < 1.29 is 4.39 Å². The zero-order valence-corrected chi connectivity index (χ0v) is 11.4. The lowest BCUT2D eigenvalue weighted by Crippen LogP contribution is -2.39. The normalized spacial score (nSPS) is 17.8. The van der Waals surface area contributed by atoms with E-state index in [1.54, 1.807) is 0 Å². The van der Waals surface area contributed by atoms with Crippen molar-refractivity contribution in [3.05, 3.63) is 35.6 Å². The smallest absolute Gasteiger partial charge is 0.123 e. The molecule has 1 aliphatic rings. The summed E-state index contributed by atoms with van der Waals surface area (Å²) in [5.41, 5.74) is 6.71. The number of benzene rings is 1. The summed E-state index contributed by atoms with van der Waals surface area (Å²) in [5, 5.41) is 3.47. The van der Waals surface area contributed by atoms with Crippen molar-refractivity contribution in [2.75, 3.05) is 32.7 Å². The van der Waals surface area contributed by atoms with Crippen LogP contribution in [-0.2, 0) is 6.54 Å². The highest BCUT2D eigenvalue weighted by Crippen LogP contribution is 2.16. The molecule has 19 heavy (non-hydrogen) atoms. The average molecular weight is 265 g/mol. The van der Waals surface area contributed by atoms with Crippen LogP contribution in [0.2, 0.25) is 0 Å². The molecule has 0 radical (unpaired) electrons. The molecule has 1 fully saturated rings. The lowest BCUT2D eigenvalue weighted by atomic mass is 9.96. The van der Waals surface area contributed by atoms with Gasteiger partial charge in [0.2, 0.25) is 0 Å². The van der Waals surface area contributed by atoms with E-state index in [1.807, 2.05) is 12.1 Å². The van der Waals surface area contributed by atoms with Crippen molar-refractivity contribution in [3.8, 4) is 0 Å². The standard InChI is InChI=1S/C15H24FN3/c16-15-3-1-13(2-4-15)11-18-12-14-5-8-19(9-6-14)10-7-17/h1-4,14,18H,5-12,17H2. The van der Waals surface area contributed by atoms with Crippen LogP contribution in [-0.4, -0.2) is 37.6 Å². The van der Waals surface area contributed by atoms with Gasteiger partial charge in [-0.3, -0.25) is 0 Å². The Morgan fingerprint density at radius 3 is 2.53 bits per heavy atom. The topological polar surface area (TPSA) is 41.3 Å². The average Bonchev–Trinajstić information content (AvgIpc) is 2.43. The Kier molecular flexibility index (Phi) is 5.76. The molecule has 1 aromatic carbocycles. The van der Waals surface area contributed by atoms with Crippen molar-refractivity contribution in [2.24, 2.45) is 11.7 Å². The lowest BCUT2D eigenvalue weighted by Gasteiger charge is -2.31. The molecule has 1 aromatic rings. The predicted molar refractivity (Wildman–Crippen MR) is 76.3 cm³/mol. The van der Waals surface area contributed by atoms with Gasteiger partial charge in [0.15, 0.2) is 0 Å². The predicted octanol–water partition coefficient (Wildman–Crippen LogP) is 1.59. The minimum absolute atomic E-state index is 0.170. The van der Waals surface area contributed by atoms with Crippen LogP contribution < -0.4 is 11.1 Å². The number of nitrogens with two attached hydrogens (primary N) is 1. The molecule has 0 aromatic heterocycles. The summed E-state index contributed by atoms with van der Waals surface area (Å²) < 4.78 is 12.8. The van der Waals surface area contributed by atoms with Crippen molar-refractivity contribution in [2.45, 2.75) is 19.4 Å². The highest BCUT2D eigenvalue weighted by molar-refractivity contribution is 5.15. The molecule has 1 heterocycles. The molecule has 4 heteroatoms. The molecule has 0 unspecified atom stereocenters. The molecule has 3 N–H and O–H groups in total. The second-order valence-corrected chi connectivity index (χ2v) is 5.33. The Bertz CT molecular complexity index is 358. The van der Waals surface area contributed by atoms with E-state index in [2.05, 4.69) is 10.2 Å². The molecule has 0 spiro atoms. The van der Waals surface area contributed by atoms with Crippen LogP contribution in [0.1, 0.15) is 18.4 Å². The van der Waals surface area contributed by atoms with E-state index in [0.29, 0.717) is 0 Å². The number of nitrogens with zero attached hydrogens (tertiary/aromatic N) is 1. The van der Waals surface area contributed by atoms with Gasteiger partial charge in [0.25, 0.3) is 0 Å². The maximum absolute atomic E-state index is 12.8. The first kappa shape index (κ1) is 14.4. The van der Waals surface area contributed by atoms with Crippen LogP contribution >= 0.6 is 0 Å². The zero-order chi connectivity index (χ0) is 13.5. The van der Waals surface area contributed by atoms with Crippen molar-refractivity contribution in [1.29, 1.82) is 0 Å². The first-order valence-electron chi connectivity index (χ1n) is 7.15. The second-order valence-electron chi connectivity index (χ2n) is 5.33. The fourth-order valence-corrected chi connectivity index (χ4v) is 2.62. The number of hydrogen-bond acceptors (Lipinski definition) is 3. The number of halogens is 1. The highest BCUT2D eigenvalue weighted by Gasteiger charge is 2.17. The quantitative estimate of drug-likeness (QED) is 0.820. The molecular weight excluding hydrogens is 241 g/mol.